The highest BCUT2D eigenvalue weighted by molar-refractivity contribution is 5.81. The second kappa shape index (κ2) is 5.74. The topological polar surface area (TPSA) is 55.1 Å². The molecule has 3 atom stereocenters. The molecule has 3 nitrogen and oxygen atoms in total. The van der Waals surface area contributed by atoms with Crippen LogP contribution in [0.4, 0.5) is 17.6 Å². The maximum Gasteiger partial charge on any atom is 0.248 e. The van der Waals surface area contributed by atoms with E-state index in [4.69, 9.17) is 5.73 Å². The Hall–Kier alpha value is -0.850. The number of fused-ring (bicyclic) bond motifs is 1. The predicted octanol–water partition coefficient (Wildman–Crippen LogP) is 2.69. The van der Waals surface area contributed by atoms with Crippen molar-refractivity contribution in [2.45, 2.75) is 69.4 Å². The van der Waals surface area contributed by atoms with Crippen molar-refractivity contribution in [1.82, 2.24) is 5.32 Å². The number of nitrogens with one attached hydrogen (secondary N) is 1. The zero-order chi connectivity index (χ0) is 15.8. The van der Waals surface area contributed by atoms with Gasteiger partial charge in [-0.15, -0.1) is 0 Å². The molecule has 0 heterocycles. The third-order valence-electron chi connectivity index (χ3n) is 4.54. The van der Waals surface area contributed by atoms with Crippen LogP contribution in [0.1, 0.15) is 45.4 Å². The lowest BCUT2D eigenvalue weighted by Crippen LogP contribution is -2.45. The zero-order valence-electron chi connectivity index (χ0n) is 12.0. The van der Waals surface area contributed by atoms with Crippen LogP contribution in [0, 0.1) is 11.8 Å². The molecule has 3 N–H and O–H groups in total. The first kappa shape index (κ1) is 16.5. The van der Waals surface area contributed by atoms with Crippen LogP contribution in [0.2, 0.25) is 0 Å². The Labute approximate surface area is 121 Å². The summed E-state index contributed by atoms with van der Waals surface area (Å²) in [5.41, 5.74) is 5.60. The Morgan fingerprint density at radius 2 is 1.86 bits per heavy atom. The summed E-state index contributed by atoms with van der Waals surface area (Å²) in [5, 5.41) is 2.72. The maximum absolute atomic E-state index is 13.2. The van der Waals surface area contributed by atoms with E-state index >= 15 is 0 Å². The van der Waals surface area contributed by atoms with Crippen LogP contribution in [0.3, 0.4) is 0 Å². The number of hydrogen-bond donors (Lipinski definition) is 2. The van der Waals surface area contributed by atoms with Crippen molar-refractivity contribution in [1.29, 1.82) is 0 Å². The molecule has 0 bridgehead atoms. The average molecular weight is 310 g/mol. The van der Waals surface area contributed by atoms with Crippen LogP contribution >= 0.6 is 0 Å². The minimum Gasteiger partial charge on any atom is -0.352 e. The summed E-state index contributed by atoms with van der Waals surface area (Å²) >= 11 is 0. The van der Waals surface area contributed by atoms with Gasteiger partial charge in [0.25, 0.3) is 0 Å². The summed E-state index contributed by atoms with van der Waals surface area (Å²) < 4.78 is 51.9. The molecule has 0 aromatic heterocycles. The van der Waals surface area contributed by atoms with Gasteiger partial charge in [-0.2, -0.15) is 0 Å². The molecule has 2 aliphatic rings. The monoisotopic (exact) mass is 310 g/mol. The van der Waals surface area contributed by atoms with Crippen LogP contribution < -0.4 is 11.1 Å². The summed E-state index contributed by atoms with van der Waals surface area (Å²) in [5.74, 6) is -5.99. The van der Waals surface area contributed by atoms with E-state index < -0.39 is 30.2 Å². The quantitative estimate of drug-likeness (QED) is 0.767. The standard InChI is InChI=1S/C14H22F4N2O/c1-13(15,16)3-2-11(19)12(21)20-10-4-8-6-14(17,18)7-9(8)5-10/h8-11H,2-7,19H2,1H3,(H,20,21)/t8?,9?,10?,11-/m1/s1. The number of carbonyl (C=O) groups excluding carboxylic acids is 1. The van der Waals surface area contributed by atoms with Crippen molar-refractivity contribution in [3.8, 4) is 0 Å². The molecular weight excluding hydrogens is 288 g/mol. The minimum absolute atomic E-state index is 0.0542. The molecule has 0 aromatic rings. The van der Waals surface area contributed by atoms with Crippen LogP contribution in [0.5, 0.6) is 0 Å². The van der Waals surface area contributed by atoms with Crippen molar-refractivity contribution < 1.29 is 22.4 Å². The van der Waals surface area contributed by atoms with Gasteiger partial charge < -0.3 is 11.1 Å². The average Bonchev–Trinajstić information content (AvgIpc) is 2.77. The molecule has 2 unspecified atom stereocenters. The highest BCUT2D eigenvalue weighted by Crippen LogP contribution is 2.51. The third-order valence-corrected chi connectivity index (χ3v) is 4.54. The van der Waals surface area contributed by atoms with Gasteiger partial charge in [0.15, 0.2) is 0 Å². The Bertz CT molecular complexity index is 381. The number of nitrogens with two attached hydrogens (primary N) is 1. The van der Waals surface area contributed by atoms with Gasteiger partial charge in [0, 0.05) is 25.3 Å². The molecule has 122 valence electrons. The lowest BCUT2D eigenvalue weighted by atomic mass is 10.0. The molecule has 0 spiro atoms. The fourth-order valence-electron chi connectivity index (χ4n) is 3.53. The molecule has 2 aliphatic carbocycles. The molecule has 0 radical (unpaired) electrons. The highest BCUT2D eigenvalue weighted by atomic mass is 19.3. The van der Waals surface area contributed by atoms with Crippen molar-refractivity contribution in [2.75, 3.05) is 0 Å². The summed E-state index contributed by atoms with van der Waals surface area (Å²) in [6, 6.07) is -1.13. The molecule has 21 heavy (non-hydrogen) atoms. The zero-order valence-corrected chi connectivity index (χ0v) is 12.0. The van der Waals surface area contributed by atoms with Gasteiger partial charge >= 0.3 is 0 Å². The Kier molecular flexibility index (Phi) is 4.52. The van der Waals surface area contributed by atoms with Gasteiger partial charge in [-0.05, 0) is 38.0 Å². The fraction of sp³-hybridized carbons (Fsp3) is 0.929. The summed E-state index contributed by atoms with van der Waals surface area (Å²) in [7, 11) is 0. The van der Waals surface area contributed by atoms with Crippen molar-refractivity contribution in [3.63, 3.8) is 0 Å². The number of carbonyl (C=O) groups is 1. The minimum atomic E-state index is -2.84. The number of hydrogen-bond acceptors (Lipinski definition) is 2. The van der Waals surface area contributed by atoms with E-state index in [1.165, 1.54) is 0 Å². The van der Waals surface area contributed by atoms with Gasteiger partial charge in [-0.3, -0.25) is 4.79 Å². The van der Waals surface area contributed by atoms with Gasteiger partial charge in [-0.25, -0.2) is 17.6 Å². The third kappa shape index (κ3) is 4.56. The van der Waals surface area contributed by atoms with Crippen molar-refractivity contribution in [2.24, 2.45) is 17.6 Å². The van der Waals surface area contributed by atoms with E-state index in [1.807, 2.05) is 0 Å². The fourth-order valence-corrected chi connectivity index (χ4v) is 3.53. The number of halogens is 4. The Morgan fingerprint density at radius 1 is 1.33 bits per heavy atom. The SMILES string of the molecule is CC(F)(F)CC[C@@H](N)C(=O)NC1CC2CC(F)(F)CC2C1. The largest absolute Gasteiger partial charge is 0.352 e. The molecule has 0 aliphatic heterocycles. The molecule has 2 rings (SSSR count). The number of rotatable bonds is 5. The molecule has 0 aromatic carbocycles. The van der Waals surface area contributed by atoms with Crippen LogP contribution in [-0.4, -0.2) is 29.8 Å². The first-order chi connectivity index (χ1) is 9.56. The lowest BCUT2D eigenvalue weighted by Gasteiger charge is -2.19. The molecule has 2 fully saturated rings. The molecule has 0 saturated heterocycles. The van der Waals surface area contributed by atoms with Crippen LogP contribution in [0.15, 0.2) is 0 Å². The number of alkyl halides is 4. The van der Waals surface area contributed by atoms with E-state index in [9.17, 15) is 22.4 Å². The number of amides is 1. The van der Waals surface area contributed by atoms with Gasteiger partial charge in [0.05, 0.1) is 6.04 Å². The van der Waals surface area contributed by atoms with E-state index in [0.717, 1.165) is 6.92 Å². The summed E-state index contributed by atoms with van der Waals surface area (Å²) in [6.45, 7) is 0.788. The molecule has 7 heteroatoms. The van der Waals surface area contributed by atoms with Gasteiger partial charge in [0.1, 0.15) is 0 Å². The second-order valence-corrected chi connectivity index (χ2v) is 6.68. The van der Waals surface area contributed by atoms with Crippen molar-refractivity contribution in [3.05, 3.63) is 0 Å². The Morgan fingerprint density at radius 3 is 2.33 bits per heavy atom. The molecular formula is C14H22F4N2O. The normalized spacial score (nSPS) is 32.8. The first-order valence-corrected chi connectivity index (χ1v) is 7.37. The summed E-state index contributed by atoms with van der Waals surface area (Å²) in [4.78, 5) is 11.8. The van der Waals surface area contributed by atoms with Gasteiger partial charge in [0.2, 0.25) is 17.8 Å². The summed E-state index contributed by atoms with van der Waals surface area (Å²) in [6.07, 6.45) is 0.304. The second-order valence-electron chi connectivity index (χ2n) is 6.68. The first-order valence-electron chi connectivity index (χ1n) is 7.37. The van der Waals surface area contributed by atoms with E-state index in [-0.39, 0.29) is 37.1 Å². The smallest absolute Gasteiger partial charge is 0.248 e. The maximum atomic E-state index is 13.2. The van der Waals surface area contributed by atoms with Crippen molar-refractivity contribution >= 4 is 5.91 Å². The van der Waals surface area contributed by atoms with E-state index in [1.54, 1.807) is 0 Å². The predicted molar refractivity (Wildman–Crippen MR) is 70.2 cm³/mol. The van der Waals surface area contributed by atoms with Gasteiger partial charge in [-0.1, -0.05) is 0 Å². The Balaban J connectivity index is 1.75. The van der Waals surface area contributed by atoms with Crippen LogP contribution in [0.25, 0.3) is 0 Å². The molecule has 1 amide bonds. The highest BCUT2D eigenvalue weighted by Gasteiger charge is 2.50. The van der Waals surface area contributed by atoms with Crippen LogP contribution in [-0.2, 0) is 4.79 Å². The lowest BCUT2D eigenvalue weighted by molar-refractivity contribution is -0.123. The molecule has 2 saturated carbocycles. The van der Waals surface area contributed by atoms with E-state index in [2.05, 4.69) is 5.32 Å². The van der Waals surface area contributed by atoms with E-state index in [0.29, 0.717) is 12.8 Å².